The van der Waals surface area contributed by atoms with Crippen molar-refractivity contribution in [3.63, 3.8) is 0 Å². The maximum Gasteiger partial charge on any atom is 0.134 e. The van der Waals surface area contributed by atoms with Crippen LogP contribution in [-0.2, 0) is 0 Å². The lowest BCUT2D eigenvalue weighted by Crippen LogP contribution is -2.38. The number of rotatable bonds is 4. The summed E-state index contributed by atoms with van der Waals surface area (Å²) in [6.45, 7) is 3.90. The van der Waals surface area contributed by atoms with Gasteiger partial charge in [0.05, 0.1) is 0 Å². The lowest BCUT2D eigenvalue weighted by atomic mass is 10.1. The minimum atomic E-state index is 0.253. The number of hydrogen-bond donors (Lipinski definition) is 1. The fourth-order valence-corrected chi connectivity index (χ4v) is 2.63. The molecule has 1 aliphatic rings. The van der Waals surface area contributed by atoms with Crippen molar-refractivity contribution in [3.8, 4) is 5.75 Å². The summed E-state index contributed by atoms with van der Waals surface area (Å²) in [5.74, 6) is 2.75. The van der Waals surface area contributed by atoms with E-state index in [2.05, 4.69) is 25.2 Å². The molecule has 2 aromatic rings. The van der Waals surface area contributed by atoms with Gasteiger partial charge < -0.3 is 15.0 Å². The zero-order chi connectivity index (χ0) is 15.4. The normalized spacial score (nSPS) is 15.6. The molecule has 0 aromatic carbocycles. The van der Waals surface area contributed by atoms with E-state index in [9.17, 15) is 0 Å². The predicted molar refractivity (Wildman–Crippen MR) is 86.4 cm³/mol. The van der Waals surface area contributed by atoms with Crippen LogP contribution in [0.3, 0.4) is 0 Å². The first-order chi connectivity index (χ1) is 10.8. The number of piperidine rings is 1. The maximum absolute atomic E-state index is 6.10. The highest BCUT2D eigenvalue weighted by molar-refractivity contribution is 5.48. The Labute approximate surface area is 130 Å². The summed E-state index contributed by atoms with van der Waals surface area (Å²) in [6, 6.07) is 3.92. The Morgan fingerprint density at radius 3 is 2.82 bits per heavy atom. The number of nitrogens with one attached hydrogen (secondary N) is 1. The molecule has 0 unspecified atom stereocenters. The summed E-state index contributed by atoms with van der Waals surface area (Å²) in [5, 5.41) is 3.05. The lowest BCUT2D eigenvalue weighted by molar-refractivity contribution is 0.169. The molecule has 22 heavy (non-hydrogen) atoms. The molecule has 1 fully saturated rings. The van der Waals surface area contributed by atoms with Gasteiger partial charge in [0.2, 0.25) is 0 Å². The molecule has 1 aliphatic heterocycles. The van der Waals surface area contributed by atoms with E-state index >= 15 is 0 Å². The highest BCUT2D eigenvalue weighted by Gasteiger charge is 2.22. The van der Waals surface area contributed by atoms with Crippen molar-refractivity contribution in [2.45, 2.75) is 25.9 Å². The van der Waals surface area contributed by atoms with Crippen LogP contribution in [0.2, 0.25) is 0 Å². The third kappa shape index (κ3) is 3.27. The van der Waals surface area contributed by atoms with E-state index in [1.807, 2.05) is 32.3 Å². The van der Waals surface area contributed by atoms with Gasteiger partial charge in [0.25, 0.3) is 0 Å². The Hall–Kier alpha value is -2.37. The second kappa shape index (κ2) is 6.60. The highest BCUT2D eigenvalue weighted by Crippen LogP contribution is 2.24. The first-order valence-corrected chi connectivity index (χ1v) is 7.58. The van der Waals surface area contributed by atoms with Gasteiger partial charge in [0.15, 0.2) is 0 Å². The predicted octanol–water partition coefficient (Wildman–Crippen LogP) is 2.27. The van der Waals surface area contributed by atoms with Gasteiger partial charge in [0.1, 0.15) is 29.8 Å². The Bertz CT molecular complexity index is 625. The van der Waals surface area contributed by atoms with E-state index in [-0.39, 0.29) is 6.10 Å². The minimum absolute atomic E-state index is 0.253. The van der Waals surface area contributed by atoms with Crippen molar-refractivity contribution in [2.24, 2.45) is 0 Å². The molecule has 2 aromatic heterocycles. The van der Waals surface area contributed by atoms with E-state index in [1.54, 1.807) is 12.5 Å². The zero-order valence-corrected chi connectivity index (χ0v) is 13.0. The van der Waals surface area contributed by atoms with Gasteiger partial charge in [-0.25, -0.2) is 9.97 Å². The van der Waals surface area contributed by atoms with Crippen LogP contribution >= 0.6 is 0 Å². The van der Waals surface area contributed by atoms with Gasteiger partial charge >= 0.3 is 0 Å². The van der Waals surface area contributed by atoms with E-state index < -0.39 is 0 Å². The van der Waals surface area contributed by atoms with Crippen molar-refractivity contribution in [1.29, 1.82) is 0 Å². The second-order valence-corrected chi connectivity index (χ2v) is 5.46. The van der Waals surface area contributed by atoms with Crippen LogP contribution in [0.4, 0.5) is 11.6 Å². The molecule has 0 saturated carbocycles. The molecule has 0 radical (unpaired) electrons. The Kier molecular flexibility index (Phi) is 4.37. The number of pyridine rings is 1. The molecule has 0 amide bonds. The van der Waals surface area contributed by atoms with Gasteiger partial charge in [-0.05, 0) is 13.0 Å². The lowest BCUT2D eigenvalue weighted by Gasteiger charge is -2.33. The van der Waals surface area contributed by atoms with Gasteiger partial charge in [-0.2, -0.15) is 0 Å². The fourth-order valence-electron chi connectivity index (χ4n) is 2.63. The first kappa shape index (κ1) is 14.6. The third-order valence-corrected chi connectivity index (χ3v) is 3.94. The number of aromatic nitrogens is 3. The fraction of sp³-hybridized carbons (Fsp3) is 0.438. The van der Waals surface area contributed by atoms with Gasteiger partial charge in [-0.15, -0.1) is 0 Å². The molecule has 0 spiro atoms. The SMILES string of the molecule is CNc1cc(N2CCC(Oc3ccncc3C)CC2)ncn1. The summed E-state index contributed by atoms with van der Waals surface area (Å²) in [5.41, 5.74) is 1.08. The molecule has 3 rings (SSSR count). The average Bonchev–Trinajstić information content (AvgIpc) is 2.58. The minimum Gasteiger partial charge on any atom is -0.490 e. The zero-order valence-electron chi connectivity index (χ0n) is 13.0. The molecule has 3 heterocycles. The summed E-state index contributed by atoms with van der Waals surface area (Å²) in [7, 11) is 1.86. The molecule has 0 aliphatic carbocycles. The quantitative estimate of drug-likeness (QED) is 0.934. The summed E-state index contributed by atoms with van der Waals surface area (Å²) in [6.07, 6.45) is 7.44. The number of nitrogens with zero attached hydrogens (tertiary/aromatic N) is 4. The van der Waals surface area contributed by atoms with Crippen LogP contribution in [0, 0.1) is 6.92 Å². The van der Waals surface area contributed by atoms with E-state index in [4.69, 9.17) is 4.74 Å². The second-order valence-electron chi connectivity index (χ2n) is 5.46. The van der Waals surface area contributed by atoms with E-state index in [0.29, 0.717) is 0 Å². The van der Waals surface area contributed by atoms with Crippen LogP contribution in [0.5, 0.6) is 5.75 Å². The Morgan fingerprint density at radius 2 is 2.09 bits per heavy atom. The van der Waals surface area contributed by atoms with Crippen LogP contribution in [-0.4, -0.2) is 41.2 Å². The van der Waals surface area contributed by atoms with Crippen molar-refractivity contribution in [3.05, 3.63) is 36.4 Å². The molecule has 0 atom stereocenters. The molecule has 1 saturated heterocycles. The highest BCUT2D eigenvalue weighted by atomic mass is 16.5. The van der Waals surface area contributed by atoms with Crippen LogP contribution in [0.15, 0.2) is 30.9 Å². The van der Waals surface area contributed by atoms with Gasteiger partial charge in [0, 0.05) is 57.0 Å². The number of ether oxygens (including phenoxy) is 1. The summed E-state index contributed by atoms with van der Waals surface area (Å²) >= 11 is 0. The number of aryl methyl sites for hydroxylation is 1. The molecular weight excluding hydrogens is 278 g/mol. The summed E-state index contributed by atoms with van der Waals surface area (Å²) in [4.78, 5) is 14.9. The molecule has 6 heteroatoms. The van der Waals surface area contributed by atoms with Crippen LogP contribution < -0.4 is 15.0 Å². The first-order valence-electron chi connectivity index (χ1n) is 7.58. The number of anilines is 2. The molecule has 6 nitrogen and oxygen atoms in total. The molecule has 0 bridgehead atoms. The average molecular weight is 299 g/mol. The monoisotopic (exact) mass is 299 g/mol. The van der Waals surface area contributed by atoms with Crippen molar-refractivity contribution < 1.29 is 4.74 Å². The van der Waals surface area contributed by atoms with Crippen molar-refractivity contribution >= 4 is 11.6 Å². The number of hydrogen-bond acceptors (Lipinski definition) is 6. The standard InChI is InChI=1S/C16H21N5O/c1-12-10-18-6-3-14(12)22-13-4-7-21(8-5-13)16-9-15(17-2)19-11-20-16/h3,6,9-11,13H,4-5,7-8H2,1-2H3,(H,17,19,20). The Morgan fingerprint density at radius 1 is 1.27 bits per heavy atom. The van der Waals surface area contributed by atoms with Crippen molar-refractivity contribution in [1.82, 2.24) is 15.0 Å². The molecule has 116 valence electrons. The maximum atomic E-state index is 6.10. The third-order valence-electron chi connectivity index (χ3n) is 3.94. The smallest absolute Gasteiger partial charge is 0.134 e. The molecular formula is C16H21N5O. The summed E-state index contributed by atoms with van der Waals surface area (Å²) < 4.78 is 6.10. The van der Waals surface area contributed by atoms with Crippen LogP contribution in [0.25, 0.3) is 0 Å². The largest absolute Gasteiger partial charge is 0.490 e. The van der Waals surface area contributed by atoms with Gasteiger partial charge in [-0.3, -0.25) is 4.98 Å². The topological polar surface area (TPSA) is 63.2 Å². The van der Waals surface area contributed by atoms with E-state index in [1.165, 1.54) is 0 Å². The molecule has 1 N–H and O–H groups in total. The van der Waals surface area contributed by atoms with Crippen molar-refractivity contribution in [2.75, 3.05) is 30.4 Å². The van der Waals surface area contributed by atoms with Crippen LogP contribution in [0.1, 0.15) is 18.4 Å². The van der Waals surface area contributed by atoms with E-state index in [0.717, 1.165) is 48.9 Å². The Balaban J connectivity index is 1.59. The van der Waals surface area contributed by atoms with Gasteiger partial charge in [-0.1, -0.05) is 0 Å².